The highest BCUT2D eigenvalue weighted by Gasteiger charge is 2.02. The van der Waals surface area contributed by atoms with Crippen LogP contribution < -0.4 is 5.73 Å². The van der Waals surface area contributed by atoms with Gasteiger partial charge in [-0.2, -0.15) is 0 Å². The number of nitrogens with one attached hydrogen (secondary N) is 1. The molecule has 0 aliphatic heterocycles. The number of fused-ring (bicyclic) bond motifs is 1. The lowest BCUT2D eigenvalue weighted by molar-refractivity contribution is -0.134. The van der Waals surface area contributed by atoms with Gasteiger partial charge in [0.15, 0.2) is 0 Å². The number of benzene rings is 1. The molecule has 0 unspecified atom stereocenters. The predicted molar refractivity (Wildman–Crippen MR) is 77.1 cm³/mol. The van der Waals surface area contributed by atoms with Crippen LogP contribution in [0.15, 0.2) is 36.5 Å². The van der Waals surface area contributed by atoms with Crippen LogP contribution in [0.3, 0.4) is 0 Å². The topological polar surface area (TPSA) is 137 Å². The Morgan fingerprint density at radius 1 is 1.19 bits per heavy atom. The molecule has 21 heavy (non-hydrogen) atoms. The summed E-state index contributed by atoms with van der Waals surface area (Å²) in [5.74, 6) is -2.22. The van der Waals surface area contributed by atoms with Gasteiger partial charge in [-0.25, -0.2) is 9.59 Å². The van der Waals surface area contributed by atoms with Gasteiger partial charge in [-0.05, 0) is 36.7 Å². The minimum absolute atomic E-state index is 0.297. The highest BCUT2D eigenvalue weighted by molar-refractivity contribution is 5.89. The molecule has 0 saturated heterocycles. The van der Waals surface area contributed by atoms with Crippen molar-refractivity contribution in [1.82, 2.24) is 4.98 Å². The smallest absolute Gasteiger partial charge is 0.328 e. The molecule has 0 amide bonds. The number of rotatable bonds is 4. The van der Waals surface area contributed by atoms with E-state index in [1.807, 2.05) is 12.3 Å². The first-order valence-electron chi connectivity index (χ1n) is 6.07. The number of aromatic amines is 1. The van der Waals surface area contributed by atoms with Crippen LogP contribution in [0.1, 0.15) is 5.56 Å². The monoisotopic (exact) mass is 292 g/mol. The van der Waals surface area contributed by atoms with Crippen LogP contribution >= 0.6 is 0 Å². The van der Waals surface area contributed by atoms with Crippen molar-refractivity contribution >= 4 is 22.8 Å². The van der Waals surface area contributed by atoms with Crippen molar-refractivity contribution < 1.29 is 24.9 Å². The number of nitrogens with two attached hydrogens (primary N) is 1. The maximum Gasteiger partial charge on any atom is 0.328 e. The zero-order chi connectivity index (χ0) is 15.8. The van der Waals surface area contributed by atoms with Gasteiger partial charge in [0, 0.05) is 29.3 Å². The van der Waals surface area contributed by atoms with Gasteiger partial charge in [-0.3, -0.25) is 0 Å². The maximum atomic E-state index is 9.55. The third kappa shape index (κ3) is 5.37. The van der Waals surface area contributed by atoms with Crippen LogP contribution in [-0.2, 0) is 16.0 Å². The number of hydrogen-bond acceptors (Lipinski definition) is 4. The maximum absolute atomic E-state index is 9.55. The Kier molecular flexibility index (Phi) is 5.97. The van der Waals surface area contributed by atoms with Crippen LogP contribution in [0.5, 0.6) is 5.75 Å². The molecule has 1 aromatic carbocycles. The molecule has 0 aliphatic rings. The van der Waals surface area contributed by atoms with Crippen molar-refractivity contribution in [2.24, 2.45) is 5.73 Å². The second kappa shape index (κ2) is 7.71. The number of carboxylic acid groups (broad SMARTS) is 2. The van der Waals surface area contributed by atoms with E-state index < -0.39 is 11.9 Å². The van der Waals surface area contributed by atoms with Gasteiger partial charge in [0.25, 0.3) is 0 Å². The Morgan fingerprint density at radius 3 is 2.33 bits per heavy atom. The summed E-state index contributed by atoms with van der Waals surface area (Å²) >= 11 is 0. The van der Waals surface area contributed by atoms with E-state index >= 15 is 0 Å². The molecular weight excluding hydrogens is 276 g/mol. The number of aliphatic carboxylic acids is 2. The van der Waals surface area contributed by atoms with Crippen LogP contribution in [0.25, 0.3) is 10.9 Å². The fourth-order valence-electron chi connectivity index (χ4n) is 1.67. The molecule has 7 heteroatoms. The van der Waals surface area contributed by atoms with Gasteiger partial charge in [-0.15, -0.1) is 0 Å². The summed E-state index contributed by atoms with van der Waals surface area (Å²) < 4.78 is 0. The summed E-state index contributed by atoms with van der Waals surface area (Å²) in [5.41, 5.74) is 7.68. The number of phenolic OH excluding ortho intramolecular Hbond substituents is 1. The van der Waals surface area contributed by atoms with Gasteiger partial charge in [0.2, 0.25) is 0 Å². The van der Waals surface area contributed by atoms with Gasteiger partial charge in [0.05, 0.1) is 0 Å². The predicted octanol–water partition coefficient (Wildman–Crippen LogP) is 1.09. The van der Waals surface area contributed by atoms with E-state index in [9.17, 15) is 14.7 Å². The Labute approximate surface area is 120 Å². The number of carbonyl (C=O) groups is 2. The first-order valence-corrected chi connectivity index (χ1v) is 6.07. The molecule has 1 heterocycles. The first-order chi connectivity index (χ1) is 9.93. The summed E-state index contributed by atoms with van der Waals surface area (Å²) in [4.78, 5) is 22.2. The van der Waals surface area contributed by atoms with Crippen molar-refractivity contribution in [3.8, 4) is 5.75 Å². The highest BCUT2D eigenvalue weighted by Crippen LogP contribution is 2.22. The molecule has 2 rings (SSSR count). The van der Waals surface area contributed by atoms with Crippen molar-refractivity contribution in [2.45, 2.75) is 6.42 Å². The van der Waals surface area contributed by atoms with Crippen LogP contribution in [0.4, 0.5) is 0 Å². The van der Waals surface area contributed by atoms with Crippen molar-refractivity contribution in [3.05, 3.63) is 42.1 Å². The normalized spacial score (nSPS) is 10.3. The van der Waals surface area contributed by atoms with Crippen LogP contribution in [0.2, 0.25) is 0 Å². The Bertz CT molecular complexity index is 644. The second-order valence-corrected chi connectivity index (χ2v) is 4.09. The number of aromatic nitrogens is 1. The van der Waals surface area contributed by atoms with E-state index in [0.29, 0.717) is 24.4 Å². The third-order valence-electron chi connectivity index (χ3n) is 2.53. The summed E-state index contributed by atoms with van der Waals surface area (Å²) in [6.45, 7) is 0.628. The molecule has 0 spiro atoms. The number of aromatic hydroxyl groups is 1. The largest absolute Gasteiger partial charge is 0.508 e. The molecule has 7 nitrogen and oxygen atoms in total. The van der Waals surface area contributed by atoms with Gasteiger partial charge < -0.3 is 26.0 Å². The quantitative estimate of drug-likeness (QED) is 0.535. The SMILES string of the molecule is NCCc1c[nH]c2ccc(O)cc12.O=C(O)/C=C\C(=O)O. The number of carboxylic acids is 2. The van der Waals surface area contributed by atoms with Crippen LogP contribution in [0, 0.1) is 0 Å². The number of H-pyrrole nitrogens is 1. The Hall–Kier alpha value is -2.80. The molecule has 0 bridgehead atoms. The standard InChI is InChI=1S/C10H12N2O.C4H4O4/c11-4-3-7-6-12-10-2-1-8(13)5-9(7)10;5-3(6)1-2-4(7)8/h1-2,5-6,12-13H,3-4,11H2;1-2H,(H,5,6)(H,7,8)/b;2-1-. The van der Waals surface area contributed by atoms with E-state index in [2.05, 4.69) is 4.98 Å². The van der Waals surface area contributed by atoms with E-state index in [0.717, 1.165) is 22.9 Å². The van der Waals surface area contributed by atoms with Crippen molar-refractivity contribution in [3.63, 3.8) is 0 Å². The Balaban J connectivity index is 0.000000240. The lowest BCUT2D eigenvalue weighted by Crippen LogP contribution is -2.01. The molecule has 0 fully saturated rings. The lowest BCUT2D eigenvalue weighted by atomic mass is 10.1. The van der Waals surface area contributed by atoms with E-state index in [1.165, 1.54) is 0 Å². The van der Waals surface area contributed by atoms with E-state index in [1.54, 1.807) is 12.1 Å². The molecular formula is C14H16N2O5. The fourth-order valence-corrected chi connectivity index (χ4v) is 1.67. The molecule has 2 aromatic rings. The molecule has 1 aromatic heterocycles. The Morgan fingerprint density at radius 2 is 1.81 bits per heavy atom. The molecule has 6 N–H and O–H groups in total. The average Bonchev–Trinajstić information content (AvgIpc) is 2.80. The zero-order valence-corrected chi connectivity index (χ0v) is 11.1. The van der Waals surface area contributed by atoms with Gasteiger partial charge in [-0.1, -0.05) is 0 Å². The second-order valence-electron chi connectivity index (χ2n) is 4.09. The first kappa shape index (κ1) is 16.3. The molecule has 0 atom stereocenters. The average molecular weight is 292 g/mol. The fraction of sp³-hybridized carbons (Fsp3) is 0.143. The van der Waals surface area contributed by atoms with E-state index in [-0.39, 0.29) is 0 Å². The zero-order valence-electron chi connectivity index (χ0n) is 11.1. The molecule has 0 saturated carbocycles. The molecule has 0 radical (unpaired) electrons. The minimum Gasteiger partial charge on any atom is -0.508 e. The van der Waals surface area contributed by atoms with Crippen molar-refractivity contribution in [1.29, 1.82) is 0 Å². The molecule has 112 valence electrons. The summed E-state index contributed by atoms with van der Waals surface area (Å²) in [7, 11) is 0. The van der Waals surface area contributed by atoms with E-state index in [4.69, 9.17) is 15.9 Å². The highest BCUT2D eigenvalue weighted by atomic mass is 16.4. The number of phenols is 1. The van der Waals surface area contributed by atoms with Crippen molar-refractivity contribution in [2.75, 3.05) is 6.54 Å². The third-order valence-corrected chi connectivity index (χ3v) is 2.53. The van der Waals surface area contributed by atoms with Gasteiger partial charge in [0.1, 0.15) is 5.75 Å². The van der Waals surface area contributed by atoms with Crippen LogP contribution in [-0.4, -0.2) is 38.8 Å². The summed E-state index contributed by atoms with van der Waals surface area (Å²) in [6.07, 6.45) is 3.89. The molecule has 0 aliphatic carbocycles. The minimum atomic E-state index is -1.26. The summed E-state index contributed by atoms with van der Waals surface area (Å²) in [5, 5.41) is 26.0. The van der Waals surface area contributed by atoms with Gasteiger partial charge >= 0.3 is 11.9 Å². The number of hydrogen-bond donors (Lipinski definition) is 5. The lowest BCUT2D eigenvalue weighted by Gasteiger charge is -1.96. The summed E-state index contributed by atoms with van der Waals surface area (Å²) in [6, 6.07) is 5.30.